The average molecular weight is 350 g/mol. The lowest BCUT2D eigenvalue weighted by Gasteiger charge is -2.11. The van der Waals surface area contributed by atoms with Gasteiger partial charge in [-0.15, -0.1) is 0 Å². The molecule has 0 aliphatic carbocycles. The normalized spacial score (nSPS) is 11.4. The van der Waals surface area contributed by atoms with E-state index in [0.29, 0.717) is 0 Å². The third-order valence-corrected chi connectivity index (χ3v) is 4.56. The van der Waals surface area contributed by atoms with Crippen LogP contribution in [0.15, 0.2) is 47.4 Å². The number of unbranched alkanes of at least 4 members (excludes halogenated alkanes) is 3. The Morgan fingerprint density at radius 1 is 1.04 bits per heavy atom. The van der Waals surface area contributed by atoms with Gasteiger partial charge < -0.3 is 9.84 Å². The van der Waals surface area contributed by atoms with Crippen LogP contribution < -0.4 is 4.74 Å². The van der Waals surface area contributed by atoms with E-state index in [1.807, 2.05) is 6.07 Å². The molecule has 130 valence electrons. The molecule has 0 aliphatic rings. The molecule has 0 atom stereocenters. The Morgan fingerprint density at radius 2 is 1.79 bits per heavy atom. The van der Waals surface area contributed by atoms with Crippen molar-refractivity contribution in [1.82, 2.24) is 0 Å². The summed E-state index contributed by atoms with van der Waals surface area (Å²) >= 11 is 0. The summed E-state index contributed by atoms with van der Waals surface area (Å²) in [6.07, 6.45) is 5.17. The highest BCUT2D eigenvalue weighted by atomic mass is 32.2. The van der Waals surface area contributed by atoms with Crippen molar-refractivity contribution in [3.05, 3.63) is 48.0 Å². The van der Waals surface area contributed by atoms with Crippen LogP contribution in [0.2, 0.25) is 0 Å². The van der Waals surface area contributed by atoms with Crippen molar-refractivity contribution < 1.29 is 22.8 Å². The van der Waals surface area contributed by atoms with Gasteiger partial charge in [-0.1, -0.05) is 44.4 Å². The van der Waals surface area contributed by atoms with Crippen molar-refractivity contribution in [2.45, 2.75) is 43.9 Å². The Balaban J connectivity index is 2.15. The van der Waals surface area contributed by atoms with Gasteiger partial charge in [-0.3, -0.25) is 4.55 Å². The number of benzene rings is 2. The SMILES string of the molecule is CCCCCCc1cccc(Oc2cccc(S(=O)(=O)O)c2)c1O. The minimum Gasteiger partial charge on any atom is -0.504 e. The summed E-state index contributed by atoms with van der Waals surface area (Å²) in [5.41, 5.74) is 0.800. The molecule has 0 radical (unpaired) electrons. The monoisotopic (exact) mass is 350 g/mol. The maximum Gasteiger partial charge on any atom is 0.294 e. The predicted molar refractivity (Wildman–Crippen MR) is 92.3 cm³/mol. The number of hydrogen-bond donors (Lipinski definition) is 2. The summed E-state index contributed by atoms with van der Waals surface area (Å²) in [6.45, 7) is 2.15. The molecule has 0 amide bonds. The van der Waals surface area contributed by atoms with E-state index >= 15 is 0 Å². The Morgan fingerprint density at radius 3 is 2.50 bits per heavy atom. The number of ether oxygens (including phenoxy) is 1. The van der Waals surface area contributed by atoms with Gasteiger partial charge in [-0.2, -0.15) is 8.42 Å². The molecular weight excluding hydrogens is 328 g/mol. The zero-order chi connectivity index (χ0) is 17.6. The molecule has 2 aromatic rings. The molecule has 5 nitrogen and oxygen atoms in total. The summed E-state index contributed by atoms with van der Waals surface area (Å²) in [4.78, 5) is -0.254. The number of aromatic hydroxyl groups is 1. The van der Waals surface area contributed by atoms with Gasteiger partial charge in [-0.05, 0) is 36.6 Å². The van der Waals surface area contributed by atoms with Crippen LogP contribution >= 0.6 is 0 Å². The molecule has 0 spiro atoms. The second kappa shape index (κ2) is 8.17. The van der Waals surface area contributed by atoms with Crippen molar-refractivity contribution in [2.75, 3.05) is 0 Å². The third kappa shape index (κ3) is 4.97. The number of hydrogen-bond acceptors (Lipinski definition) is 4. The maximum absolute atomic E-state index is 11.2. The first-order valence-corrected chi connectivity index (χ1v) is 9.42. The summed E-state index contributed by atoms with van der Waals surface area (Å²) in [5.74, 6) is 0.547. The molecule has 2 rings (SSSR count). The van der Waals surface area contributed by atoms with E-state index in [0.717, 1.165) is 31.2 Å². The van der Waals surface area contributed by atoms with Crippen LogP contribution in [0.25, 0.3) is 0 Å². The minimum atomic E-state index is -4.30. The van der Waals surface area contributed by atoms with Crippen molar-refractivity contribution >= 4 is 10.1 Å². The van der Waals surface area contributed by atoms with Gasteiger partial charge in [0.1, 0.15) is 5.75 Å². The van der Waals surface area contributed by atoms with E-state index in [2.05, 4.69) is 6.92 Å². The highest BCUT2D eigenvalue weighted by molar-refractivity contribution is 7.85. The van der Waals surface area contributed by atoms with E-state index in [1.165, 1.54) is 24.6 Å². The van der Waals surface area contributed by atoms with Gasteiger partial charge in [0.05, 0.1) is 4.90 Å². The first-order valence-electron chi connectivity index (χ1n) is 7.98. The van der Waals surface area contributed by atoms with Crippen LogP contribution in [0.5, 0.6) is 17.2 Å². The maximum atomic E-state index is 11.2. The van der Waals surface area contributed by atoms with Crippen LogP contribution in [-0.4, -0.2) is 18.1 Å². The van der Waals surface area contributed by atoms with Gasteiger partial charge in [0, 0.05) is 6.07 Å². The first kappa shape index (κ1) is 18.3. The highest BCUT2D eigenvalue weighted by Gasteiger charge is 2.13. The van der Waals surface area contributed by atoms with Crippen molar-refractivity contribution in [2.24, 2.45) is 0 Å². The summed E-state index contributed by atoms with van der Waals surface area (Å²) in [7, 11) is -4.30. The van der Waals surface area contributed by atoms with Gasteiger partial charge in [0.15, 0.2) is 11.5 Å². The zero-order valence-corrected chi connectivity index (χ0v) is 14.4. The summed E-state index contributed by atoms with van der Waals surface area (Å²) in [5, 5.41) is 10.3. The fourth-order valence-corrected chi connectivity index (χ4v) is 2.93. The fraction of sp³-hybridized carbons (Fsp3) is 0.333. The van der Waals surface area contributed by atoms with Crippen molar-refractivity contribution in [3.63, 3.8) is 0 Å². The van der Waals surface area contributed by atoms with Crippen molar-refractivity contribution in [3.8, 4) is 17.2 Å². The number of para-hydroxylation sites is 1. The average Bonchev–Trinajstić information content (AvgIpc) is 2.54. The molecule has 0 fully saturated rings. The Bertz CT molecular complexity index is 784. The lowest BCUT2D eigenvalue weighted by molar-refractivity contribution is 0.405. The van der Waals surface area contributed by atoms with Gasteiger partial charge in [0.2, 0.25) is 0 Å². The highest BCUT2D eigenvalue weighted by Crippen LogP contribution is 2.34. The van der Waals surface area contributed by atoms with E-state index in [-0.39, 0.29) is 22.1 Å². The fourth-order valence-electron chi connectivity index (χ4n) is 2.42. The van der Waals surface area contributed by atoms with Crippen LogP contribution in [0.1, 0.15) is 38.2 Å². The Kier molecular flexibility index (Phi) is 6.23. The third-order valence-electron chi connectivity index (χ3n) is 3.71. The van der Waals surface area contributed by atoms with Gasteiger partial charge >= 0.3 is 0 Å². The summed E-state index contributed by atoms with van der Waals surface area (Å²) < 4.78 is 37.0. The lowest BCUT2D eigenvalue weighted by Crippen LogP contribution is -1.98. The molecule has 0 aromatic heterocycles. The number of phenolic OH excluding ortho intramolecular Hbond substituents is 1. The Hall–Kier alpha value is -2.05. The minimum absolute atomic E-state index is 0.0613. The van der Waals surface area contributed by atoms with Crippen LogP contribution in [0, 0.1) is 0 Å². The van der Waals surface area contributed by atoms with Crippen LogP contribution in [0.4, 0.5) is 0 Å². The second-order valence-electron chi connectivity index (χ2n) is 5.63. The molecule has 0 bridgehead atoms. The molecule has 0 aliphatic heterocycles. The molecule has 2 aromatic carbocycles. The zero-order valence-electron chi connectivity index (χ0n) is 13.6. The quantitative estimate of drug-likeness (QED) is 0.539. The smallest absolute Gasteiger partial charge is 0.294 e. The molecule has 6 heteroatoms. The largest absolute Gasteiger partial charge is 0.504 e. The molecular formula is C18H22O5S. The predicted octanol–water partition coefficient (Wildman–Crippen LogP) is 4.55. The molecule has 0 saturated carbocycles. The number of aryl methyl sites for hydroxylation is 1. The van der Waals surface area contributed by atoms with Crippen LogP contribution in [-0.2, 0) is 16.5 Å². The van der Waals surface area contributed by atoms with Gasteiger partial charge in [-0.25, -0.2) is 0 Å². The Labute approximate surface area is 142 Å². The number of phenols is 1. The molecule has 0 unspecified atom stereocenters. The molecule has 24 heavy (non-hydrogen) atoms. The standard InChI is InChI=1S/C18H22O5S/c1-2-3-4-5-8-14-9-6-12-17(18(14)19)23-15-10-7-11-16(13-15)24(20,21)22/h6-7,9-13,19H,2-5,8H2,1H3,(H,20,21,22). The summed E-state index contributed by atoms with van der Waals surface area (Å²) in [6, 6.07) is 10.8. The van der Waals surface area contributed by atoms with E-state index in [4.69, 9.17) is 9.29 Å². The molecule has 2 N–H and O–H groups in total. The van der Waals surface area contributed by atoms with Crippen LogP contribution in [0.3, 0.4) is 0 Å². The van der Waals surface area contributed by atoms with Gasteiger partial charge in [0.25, 0.3) is 10.1 Å². The van der Waals surface area contributed by atoms with E-state index in [9.17, 15) is 13.5 Å². The second-order valence-corrected chi connectivity index (χ2v) is 7.05. The van der Waals surface area contributed by atoms with E-state index < -0.39 is 10.1 Å². The lowest BCUT2D eigenvalue weighted by atomic mass is 10.0. The number of rotatable bonds is 8. The molecule has 0 heterocycles. The first-order chi connectivity index (χ1) is 11.4. The van der Waals surface area contributed by atoms with Crippen molar-refractivity contribution in [1.29, 1.82) is 0 Å². The van der Waals surface area contributed by atoms with E-state index in [1.54, 1.807) is 18.2 Å². The topological polar surface area (TPSA) is 83.8 Å². The molecule has 0 saturated heterocycles.